The SMILES string of the molecule is C=C(F)C(C)(O)[C@H](C)n1c(=O)ccc2cc(S(=O)(=O)N(Cc3ccc(OC)cc3)c3ccon3)ccc21. The van der Waals surface area contributed by atoms with Crippen molar-refractivity contribution in [3.05, 3.63) is 95.2 Å². The predicted molar refractivity (Wildman–Crippen MR) is 137 cm³/mol. The Morgan fingerprint density at radius 1 is 1.22 bits per heavy atom. The highest BCUT2D eigenvalue weighted by atomic mass is 32.2. The third-order valence-corrected chi connectivity index (χ3v) is 8.15. The first kappa shape index (κ1) is 26.1. The molecule has 2 aromatic heterocycles. The number of fused-ring (bicyclic) bond motifs is 1. The number of aromatic nitrogens is 2. The molecule has 0 saturated carbocycles. The maximum Gasteiger partial charge on any atom is 0.265 e. The summed E-state index contributed by atoms with van der Waals surface area (Å²) >= 11 is 0. The van der Waals surface area contributed by atoms with E-state index in [9.17, 15) is 22.7 Å². The van der Waals surface area contributed by atoms with E-state index in [1.54, 1.807) is 24.3 Å². The van der Waals surface area contributed by atoms with Crippen molar-refractivity contribution in [3.63, 3.8) is 0 Å². The molecule has 0 bridgehead atoms. The summed E-state index contributed by atoms with van der Waals surface area (Å²) < 4.78 is 53.9. The van der Waals surface area contributed by atoms with Gasteiger partial charge in [-0.2, -0.15) is 0 Å². The number of hydrogen-bond donors (Lipinski definition) is 1. The smallest absolute Gasteiger partial charge is 0.265 e. The standard InChI is InChI=1S/C26H26FN3O6S/c1-17(27)26(3,32)18(2)30-23-11-10-22(15-20(23)7-12-25(30)31)37(33,34)29(24-13-14-36-28-24)16-19-5-8-21(35-4)9-6-19/h5-15,18,32H,1,16H2,2-4H3/t18-,26?/m0/s1. The summed E-state index contributed by atoms with van der Waals surface area (Å²) in [6, 6.07) is 14.3. The van der Waals surface area contributed by atoms with Gasteiger partial charge in [0, 0.05) is 12.1 Å². The normalized spacial score (nSPS) is 14.2. The predicted octanol–water partition coefficient (Wildman–Crippen LogP) is 4.19. The minimum atomic E-state index is -4.15. The Hall–Kier alpha value is -3.96. The summed E-state index contributed by atoms with van der Waals surface area (Å²) in [5.41, 5.74) is -1.50. The van der Waals surface area contributed by atoms with Crippen LogP contribution in [0.25, 0.3) is 10.9 Å². The molecule has 0 saturated heterocycles. The van der Waals surface area contributed by atoms with E-state index in [0.717, 1.165) is 4.31 Å². The Balaban J connectivity index is 1.80. The molecular formula is C26H26FN3O6S. The summed E-state index contributed by atoms with van der Waals surface area (Å²) in [5.74, 6) is -0.276. The van der Waals surface area contributed by atoms with Gasteiger partial charge in [-0.05, 0) is 61.2 Å². The first-order chi connectivity index (χ1) is 17.5. The van der Waals surface area contributed by atoms with E-state index in [1.165, 1.54) is 68.2 Å². The zero-order chi connectivity index (χ0) is 27.0. The van der Waals surface area contributed by atoms with Crippen molar-refractivity contribution in [2.24, 2.45) is 0 Å². The van der Waals surface area contributed by atoms with E-state index in [1.807, 2.05) is 0 Å². The lowest BCUT2D eigenvalue weighted by Gasteiger charge is -2.31. The lowest BCUT2D eigenvalue weighted by Crippen LogP contribution is -2.39. The maximum absolute atomic E-state index is 13.9. The van der Waals surface area contributed by atoms with Crippen LogP contribution in [-0.2, 0) is 16.6 Å². The fourth-order valence-electron chi connectivity index (χ4n) is 3.93. The molecular weight excluding hydrogens is 501 g/mol. The molecule has 2 aromatic carbocycles. The molecule has 0 radical (unpaired) electrons. The fraction of sp³-hybridized carbons (Fsp3) is 0.231. The molecule has 1 unspecified atom stereocenters. The molecule has 4 aromatic rings. The van der Waals surface area contributed by atoms with E-state index >= 15 is 0 Å². The Labute approximate surface area is 213 Å². The molecule has 0 spiro atoms. The van der Waals surface area contributed by atoms with Crippen molar-refractivity contribution < 1.29 is 27.2 Å². The number of anilines is 1. The van der Waals surface area contributed by atoms with Gasteiger partial charge in [-0.15, -0.1) is 0 Å². The molecule has 0 aliphatic rings. The van der Waals surface area contributed by atoms with Crippen molar-refractivity contribution in [2.45, 2.75) is 36.9 Å². The average molecular weight is 528 g/mol. The minimum absolute atomic E-state index is 0.0328. The zero-order valence-corrected chi connectivity index (χ0v) is 21.3. The van der Waals surface area contributed by atoms with Crippen LogP contribution in [-0.4, -0.2) is 36.0 Å². The molecule has 0 aliphatic heterocycles. The second-order valence-electron chi connectivity index (χ2n) is 8.71. The molecule has 37 heavy (non-hydrogen) atoms. The Kier molecular flexibility index (Phi) is 6.94. The number of methoxy groups -OCH3 is 1. The monoisotopic (exact) mass is 527 g/mol. The molecule has 0 fully saturated rings. The van der Waals surface area contributed by atoms with Crippen LogP contribution in [0.1, 0.15) is 25.5 Å². The molecule has 2 atom stereocenters. The van der Waals surface area contributed by atoms with Gasteiger partial charge in [0.05, 0.1) is 30.1 Å². The van der Waals surface area contributed by atoms with Gasteiger partial charge in [0.15, 0.2) is 5.82 Å². The maximum atomic E-state index is 13.9. The number of nitrogens with zero attached hydrogens (tertiary/aromatic N) is 3. The first-order valence-corrected chi connectivity index (χ1v) is 12.7. The molecule has 2 heterocycles. The van der Waals surface area contributed by atoms with Crippen LogP contribution in [0.5, 0.6) is 5.75 Å². The van der Waals surface area contributed by atoms with Crippen LogP contribution in [0, 0.1) is 0 Å². The van der Waals surface area contributed by atoms with E-state index in [0.29, 0.717) is 22.2 Å². The molecule has 0 amide bonds. The van der Waals surface area contributed by atoms with Crippen LogP contribution in [0.4, 0.5) is 10.2 Å². The van der Waals surface area contributed by atoms with Gasteiger partial charge >= 0.3 is 0 Å². The van der Waals surface area contributed by atoms with Gasteiger partial charge in [-0.3, -0.25) is 4.79 Å². The highest BCUT2D eigenvalue weighted by Gasteiger charge is 2.35. The number of ether oxygens (including phenoxy) is 1. The largest absolute Gasteiger partial charge is 0.497 e. The van der Waals surface area contributed by atoms with E-state index in [-0.39, 0.29) is 17.3 Å². The van der Waals surface area contributed by atoms with Crippen LogP contribution >= 0.6 is 0 Å². The zero-order valence-electron chi connectivity index (χ0n) is 20.5. The van der Waals surface area contributed by atoms with Crippen molar-refractivity contribution in [1.29, 1.82) is 0 Å². The van der Waals surface area contributed by atoms with Crippen molar-refractivity contribution in [3.8, 4) is 5.75 Å². The summed E-state index contributed by atoms with van der Waals surface area (Å²) in [4.78, 5) is 12.6. The fourth-order valence-corrected chi connectivity index (χ4v) is 5.36. The first-order valence-electron chi connectivity index (χ1n) is 11.3. The van der Waals surface area contributed by atoms with Crippen LogP contribution in [0.3, 0.4) is 0 Å². The van der Waals surface area contributed by atoms with Crippen molar-refractivity contribution in [1.82, 2.24) is 9.72 Å². The summed E-state index contributed by atoms with van der Waals surface area (Å²) in [7, 11) is -2.61. The highest BCUT2D eigenvalue weighted by molar-refractivity contribution is 7.92. The van der Waals surface area contributed by atoms with Crippen molar-refractivity contribution >= 4 is 26.7 Å². The summed E-state index contributed by atoms with van der Waals surface area (Å²) in [6.07, 6.45) is 1.27. The molecule has 1 N–H and O–H groups in total. The summed E-state index contributed by atoms with van der Waals surface area (Å²) in [6.45, 7) is 5.85. The molecule has 0 aliphatic carbocycles. The third kappa shape index (κ3) is 4.87. The number of aliphatic hydroxyl groups is 1. The van der Waals surface area contributed by atoms with E-state index in [2.05, 4.69) is 11.7 Å². The quantitative estimate of drug-likeness (QED) is 0.347. The minimum Gasteiger partial charge on any atom is -0.497 e. The Morgan fingerprint density at radius 2 is 1.92 bits per heavy atom. The Morgan fingerprint density at radius 3 is 2.51 bits per heavy atom. The topological polar surface area (TPSA) is 115 Å². The number of hydrogen-bond acceptors (Lipinski definition) is 7. The second-order valence-corrected chi connectivity index (χ2v) is 10.6. The van der Waals surface area contributed by atoms with E-state index < -0.39 is 33.1 Å². The number of pyridine rings is 1. The van der Waals surface area contributed by atoms with Gasteiger partial charge in [-0.1, -0.05) is 23.9 Å². The molecule has 194 valence electrons. The number of sulfonamides is 1. The van der Waals surface area contributed by atoms with Crippen LogP contribution in [0.2, 0.25) is 0 Å². The summed E-state index contributed by atoms with van der Waals surface area (Å²) in [5, 5.41) is 14.8. The lowest BCUT2D eigenvalue weighted by molar-refractivity contribution is 0.0279. The molecule has 4 rings (SSSR count). The average Bonchev–Trinajstić information content (AvgIpc) is 3.41. The lowest BCUT2D eigenvalue weighted by atomic mass is 9.96. The van der Waals surface area contributed by atoms with E-state index in [4.69, 9.17) is 9.26 Å². The van der Waals surface area contributed by atoms with Gasteiger partial charge in [0.25, 0.3) is 15.6 Å². The van der Waals surface area contributed by atoms with Gasteiger partial charge < -0.3 is 18.9 Å². The van der Waals surface area contributed by atoms with Crippen LogP contribution in [0.15, 0.2) is 93.5 Å². The molecule has 9 nitrogen and oxygen atoms in total. The van der Waals surface area contributed by atoms with Crippen molar-refractivity contribution in [2.75, 3.05) is 11.4 Å². The number of halogens is 1. The van der Waals surface area contributed by atoms with Gasteiger partial charge in [0.2, 0.25) is 0 Å². The van der Waals surface area contributed by atoms with Crippen LogP contribution < -0.4 is 14.6 Å². The number of benzene rings is 2. The van der Waals surface area contributed by atoms with Gasteiger partial charge in [-0.25, -0.2) is 17.1 Å². The number of rotatable bonds is 9. The van der Waals surface area contributed by atoms with Gasteiger partial charge in [0.1, 0.15) is 23.4 Å². The Bertz CT molecular complexity index is 1600. The third-order valence-electron chi connectivity index (χ3n) is 6.40. The molecule has 11 heteroatoms. The highest BCUT2D eigenvalue weighted by Crippen LogP contribution is 2.32. The second kappa shape index (κ2) is 9.83.